The van der Waals surface area contributed by atoms with E-state index in [9.17, 15) is 45.6 Å². The van der Waals surface area contributed by atoms with Gasteiger partial charge in [-0.2, -0.15) is 0 Å². The monoisotopic (exact) mass is 932 g/mol. The summed E-state index contributed by atoms with van der Waals surface area (Å²) in [5, 5.41) is 86.9. The van der Waals surface area contributed by atoms with Crippen LogP contribution >= 0.6 is 0 Å². The van der Waals surface area contributed by atoms with Gasteiger partial charge < -0.3 is 65.1 Å². The van der Waals surface area contributed by atoms with Gasteiger partial charge in [-0.05, 0) is 38.5 Å². The number of carbonyl (C=O) groups is 1. The quantitative estimate of drug-likeness (QED) is 0.0219. The number of aliphatic hydroxyl groups excluding tert-OH is 8. The molecule has 384 valence electrons. The van der Waals surface area contributed by atoms with Crippen LogP contribution in [0.1, 0.15) is 213 Å². The van der Waals surface area contributed by atoms with Gasteiger partial charge in [0.15, 0.2) is 12.6 Å². The average molecular weight is 932 g/mol. The number of allylic oxidation sites excluding steroid dienone is 2. The number of amides is 1. The largest absolute Gasteiger partial charge is 0.394 e. The molecular formula is C51H97NO13. The standard InChI is InChI=1S/C51H97NO13/c1-3-5-7-9-11-13-15-17-19-20-21-23-25-27-29-31-33-35-43(56)52-39(40(55)34-32-30-28-26-24-22-18-16-14-12-10-8-6-4-2)38-62-50-48(61)46(59)49(42(37-54)64-50)65-51-47(60)45(58)44(57)41(36-53)63-51/h17,19,39-42,44-51,53-55,57-61H,3-16,18,20-38H2,1-2H3,(H,52,56)/b19-17-. The predicted molar refractivity (Wildman–Crippen MR) is 254 cm³/mol. The van der Waals surface area contributed by atoms with E-state index in [4.69, 9.17) is 18.9 Å². The van der Waals surface area contributed by atoms with Crippen molar-refractivity contribution < 1.29 is 64.6 Å². The van der Waals surface area contributed by atoms with Gasteiger partial charge in [-0.25, -0.2) is 0 Å². The summed E-state index contributed by atoms with van der Waals surface area (Å²) in [5.74, 6) is -0.210. The number of hydrogen-bond acceptors (Lipinski definition) is 13. The van der Waals surface area contributed by atoms with Gasteiger partial charge in [-0.1, -0.05) is 180 Å². The van der Waals surface area contributed by atoms with Crippen molar-refractivity contribution in [2.24, 2.45) is 0 Å². The highest BCUT2D eigenvalue weighted by atomic mass is 16.7. The molecule has 12 unspecified atom stereocenters. The van der Waals surface area contributed by atoms with Crippen molar-refractivity contribution in [3.63, 3.8) is 0 Å². The fraction of sp³-hybridized carbons (Fsp3) is 0.941. The summed E-state index contributed by atoms with van der Waals surface area (Å²) in [6, 6.07) is -0.826. The Morgan fingerprint density at radius 2 is 0.969 bits per heavy atom. The van der Waals surface area contributed by atoms with Crippen molar-refractivity contribution in [3.05, 3.63) is 12.2 Å². The van der Waals surface area contributed by atoms with E-state index < -0.39 is 86.8 Å². The van der Waals surface area contributed by atoms with Crippen LogP contribution in [0.15, 0.2) is 12.2 Å². The first-order chi connectivity index (χ1) is 31.6. The highest BCUT2D eigenvalue weighted by Gasteiger charge is 2.51. The highest BCUT2D eigenvalue weighted by Crippen LogP contribution is 2.30. The maximum atomic E-state index is 13.2. The molecule has 0 aromatic carbocycles. The van der Waals surface area contributed by atoms with E-state index in [1.165, 1.54) is 128 Å². The summed E-state index contributed by atoms with van der Waals surface area (Å²) in [7, 11) is 0. The fourth-order valence-corrected chi connectivity index (χ4v) is 8.88. The van der Waals surface area contributed by atoms with Crippen LogP contribution in [0.2, 0.25) is 0 Å². The van der Waals surface area contributed by atoms with Crippen LogP contribution in [0.3, 0.4) is 0 Å². The molecule has 0 spiro atoms. The second-order valence-corrected chi connectivity index (χ2v) is 19.0. The zero-order valence-corrected chi connectivity index (χ0v) is 40.7. The zero-order valence-electron chi connectivity index (χ0n) is 40.7. The topological polar surface area (TPSA) is 228 Å². The summed E-state index contributed by atoms with van der Waals surface area (Å²) < 4.78 is 22.8. The van der Waals surface area contributed by atoms with Gasteiger partial charge in [0.25, 0.3) is 0 Å². The number of aliphatic hydroxyl groups is 8. The molecule has 2 rings (SSSR count). The smallest absolute Gasteiger partial charge is 0.220 e. The van der Waals surface area contributed by atoms with Crippen molar-refractivity contribution in [3.8, 4) is 0 Å². The Labute approximate surface area is 393 Å². The number of carbonyl (C=O) groups excluding carboxylic acids is 1. The number of ether oxygens (including phenoxy) is 4. The minimum Gasteiger partial charge on any atom is -0.394 e. The first-order valence-corrected chi connectivity index (χ1v) is 26.4. The van der Waals surface area contributed by atoms with Crippen molar-refractivity contribution in [1.29, 1.82) is 0 Å². The zero-order chi connectivity index (χ0) is 47.5. The molecule has 2 fully saturated rings. The molecule has 0 saturated carbocycles. The van der Waals surface area contributed by atoms with Crippen LogP contribution in [0.25, 0.3) is 0 Å². The Bertz CT molecular complexity index is 1150. The third-order valence-corrected chi connectivity index (χ3v) is 13.2. The van der Waals surface area contributed by atoms with Crippen molar-refractivity contribution >= 4 is 5.91 Å². The Kier molecular flexibility index (Phi) is 35.5. The van der Waals surface area contributed by atoms with Gasteiger partial charge in [0, 0.05) is 6.42 Å². The molecule has 2 saturated heterocycles. The maximum Gasteiger partial charge on any atom is 0.220 e. The van der Waals surface area contributed by atoms with E-state index in [0.29, 0.717) is 12.8 Å². The van der Waals surface area contributed by atoms with Crippen LogP contribution in [0.5, 0.6) is 0 Å². The third kappa shape index (κ3) is 25.8. The fourth-order valence-electron chi connectivity index (χ4n) is 8.88. The summed E-state index contributed by atoms with van der Waals surface area (Å²) >= 11 is 0. The first-order valence-electron chi connectivity index (χ1n) is 26.4. The summed E-state index contributed by atoms with van der Waals surface area (Å²) in [6.45, 7) is 2.85. The van der Waals surface area contributed by atoms with E-state index >= 15 is 0 Å². The molecule has 0 radical (unpaired) electrons. The molecule has 12 atom stereocenters. The summed E-state index contributed by atoms with van der Waals surface area (Å²) in [4.78, 5) is 13.2. The molecule has 9 N–H and O–H groups in total. The van der Waals surface area contributed by atoms with E-state index in [0.717, 1.165) is 57.8 Å². The molecule has 0 aliphatic carbocycles. The molecule has 0 aromatic heterocycles. The number of nitrogens with one attached hydrogen (secondary N) is 1. The molecule has 65 heavy (non-hydrogen) atoms. The van der Waals surface area contributed by atoms with Crippen molar-refractivity contribution in [2.75, 3.05) is 19.8 Å². The van der Waals surface area contributed by atoms with Crippen molar-refractivity contribution in [2.45, 2.75) is 286 Å². The van der Waals surface area contributed by atoms with E-state index in [-0.39, 0.29) is 12.5 Å². The van der Waals surface area contributed by atoms with E-state index in [2.05, 4.69) is 31.3 Å². The van der Waals surface area contributed by atoms with Gasteiger partial charge in [-0.15, -0.1) is 0 Å². The summed E-state index contributed by atoms with van der Waals surface area (Å²) in [6.07, 6.45) is 23.5. The SMILES string of the molecule is CCCCCCCC/C=C\CCCCCCCCCC(=O)NC(COC1OC(CO)C(OC2OC(CO)C(O)C(O)C2O)C(O)C1O)C(O)CCCCCCCCCCCCCCCC. The minimum atomic E-state index is -1.78. The number of hydrogen-bond donors (Lipinski definition) is 9. The predicted octanol–water partition coefficient (Wildman–Crippen LogP) is 7.16. The minimum absolute atomic E-state index is 0.210. The second kappa shape index (κ2) is 38.6. The highest BCUT2D eigenvalue weighted by molar-refractivity contribution is 5.76. The maximum absolute atomic E-state index is 13.2. The molecule has 2 aliphatic rings. The van der Waals surface area contributed by atoms with Gasteiger partial charge in [-0.3, -0.25) is 4.79 Å². The summed E-state index contributed by atoms with van der Waals surface area (Å²) in [5.41, 5.74) is 0. The molecule has 0 bridgehead atoms. The lowest BCUT2D eigenvalue weighted by Gasteiger charge is -2.46. The molecular weight excluding hydrogens is 835 g/mol. The molecule has 14 nitrogen and oxygen atoms in total. The van der Waals surface area contributed by atoms with Gasteiger partial charge >= 0.3 is 0 Å². The van der Waals surface area contributed by atoms with Gasteiger partial charge in [0.05, 0.1) is 32.0 Å². The lowest BCUT2D eigenvalue weighted by atomic mass is 9.97. The van der Waals surface area contributed by atoms with Crippen LogP contribution in [-0.2, 0) is 23.7 Å². The molecule has 2 aliphatic heterocycles. The van der Waals surface area contributed by atoms with E-state index in [1.54, 1.807) is 0 Å². The van der Waals surface area contributed by atoms with Crippen LogP contribution < -0.4 is 5.32 Å². The molecule has 2 heterocycles. The lowest BCUT2D eigenvalue weighted by Crippen LogP contribution is -2.65. The Hall–Kier alpha value is -1.27. The van der Waals surface area contributed by atoms with Crippen LogP contribution in [0, 0.1) is 0 Å². The van der Waals surface area contributed by atoms with E-state index in [1.807, 2.05) is 0 Å². The third-order valence-electron chi connectivity index (χ3n) is 13.2. The van der Waals surface area contributed by atoms with Crippen molar-refractivity contribution in [1.82, 2.24) is 5.32 Å². The molecule has 1 amide bonds. The lowest BCUT2D eigenvalue weighted by molar-refractivity contribution is -0.359. The Morgan fingerprint density at radius 3 is 1.46 bits per heavy atom. The molecule has 0 aromatic rings. The number of rotatable bonds is 41. The second-order valence-electron chi connectivity index (χ2n) is 19.0. The van der Waals surface area contributed by atoms with Crippen LogP contribution in [0.4, 0.5) is 0 Å². The first kappa shape index (κ1) is 59.9. The van der Waals surface area contributed by atoms with Crippen LogP contribution in [-0.4, -0.2) is 140 Å². The normalized spacial score (nSPS) is 27.0. The molecule has 14 heteroatoms. The average Bonchev–Trinajstić information content (AvgIpc) is 3.30. The Balaban J connectivity index is 1.82. The number of unbranched alkanes of at least 4 members (excludes halogenated alkanes) is 26. The Morgan fingerprint density at radius 1 is 0.538 bits per heavy atom. The van der Waals surface area contributed by atoms with Gasteiger partial charge in [0.1, 0.15) is 48.8 Å². The van der Waals surface area contributed by atoms with Gasteiger partial charge in [0.2, 0.25) is 5.91 Å².